The number of rotatable bonds is 3. The van der Waals surface area contributed by atoms with Gasteiger partial charge in [-0.3, -0.25) is 0 Å². The molecule has 0 saturated carbocycles. The topological polar surface area (TPSA) is 35.2 Å². The first-order chi connectivity index (χ1) is 7.76. The minimum atomic E-state index is 0.624. The van der Waals surface area contributed by atoms with Crippen LogP contribution in [0.25, 0.3) is 0 Å². The normalized spacial score (nSPS) is 23.9. The second-order valence-corrected chi connectivity index (χ2v) is 4.85. The Morgan fingerprint density at radius 2 is 2.25 bits per heavy atom. The van der Waals surface area contributed by atoms with Gasteiger partial charge < -0.3 is 10.5 Å². The minimum Gasteiger partial charge on any atom is -0.496 e. The molecule has 0 aliphatic heterocycles. The van der Waals surface area contributed by atoms with Crippen LogP contribution in [0.4, 0.5) is 0 Å². The molecule has 2 nitrogen and oxygen atoms in total. The molecule has 0 bridgehead atoms. The molecule has 1 aromatic carbocycles. The first kappa shape index (κ1) is 11.5. The van der Waals surface area contributed by atoms with Crippen molar-refractivity contribution in [2.45, 2.75) is 32.1 Å². The third-order valence-corrected chi connectivity index (χ3v) is 3.58. The van der Waals surface area contributed by atoms with Crippen LogP contribution in [0.1, 0.15) is 36.8 Å². The Labute approximate surface area is 97.8 Å². The summed E-state index contributed by atoms with van der Waals surface area (Å²) >= 11 is 0. The second-order valence-electron chi connectivity index (χ2n) is 4.85. The van der Waals surface area contributed by atoms with Gasteiger partial charge in [-0.2, -0.15) is 0 Å². The Kier molecular flexibility index (Phi) is 3.49. The lowest BCUT2D eigenvalue weighted by atomic mass is 9.76. The Bertz CT molecular complexity index is 362. The number of fused-ring (bicyclic) bond motifs is 1. The van der Waals surface area contributed by atoms with Crippen molar-refractivity contribution < 1.29 is 4.74 Å². The van der Waals surface area contributed by atoms with Crippen molar-refractivity contribution in [3.05, 3.63) is 29.3 Å². The summed E-state index contributed by atoms with van der Waals surface area (Å²) in [5.74, 6) is 2.41. The summed E-state index contributed by atoms with van der Waals surface area (Å²) in [7, 11) is 1.76. The highest BCUT2D eigenvalue weighted by molar-refractivity contribution is 5.44. The highest BCUT2D eigenvalue weighted by Gasteiger charge is 2.25. The zero-order valence-corrected chi connectivity index (χ0v) is 10.2. The van der Waals surface area contributed by atoms with Crippen molar-refractivity contribution in [3.8, 4) is 5.75 Å². The summed E-state index contributed by atoms with van der Waals surface area (Å²) in [6.07, 6.45) is 3.49. The zero-order chi connectivity index (χ0) is 11.5. The van der Waals surface area contributed by atoms with Gasteiger partial charge in [-0.25, -0.2) is 0 Å². The van der Waals surface area contributed by atoms with E-state index in [0.29, 0.717) is 5.92 Å². The molecular weight excluding hydrogens is 198 g/mol. The van der Waals surface area contributed by atoms with Crippen molar-refractivity contribution in [2.24, 2.45) is 11.7 Å². The van der Waals surface area contributed by atoms with Crippen LogP contribution in [0.5, 0.6) is 5.75 Å². The lowest BCUT2D eigenvalue weighted by Gasteiger charge is -2.30. The highest BCUT2D eigenvalue weighted by atomic mass is 16.5. The lowest BCUT2D eigenvalue weighted by molar-refractivity contribution is 0.378. The van der Waals surface area contributed by atoms with E-state index in [4.69, 9.17) is 10.5 Å². The summed E-state index contributed by atoms with van der Waals surface area (Å²) in [4.78, 5) is 0. The van der Waals surface area contributed by atoms with E-state index in [2.05, 4.69) is 25.1 Å². The van der Waals surface area contributed by atoms with E-state index in [1.54, 1.807) is 7.11 Å². The van der Waals surface area contributed by atoms with E-state index in [0.717, 1.165) is 31.1 Å². The molecule has 1 aliphatic rings. The standard InChI is InChI=1S/C14H21NO/c1-10-8-11(6-7-15)12-4-3-5-14(16-2)13(12)9-10/h3-5,10-11H,6-9,15H2,1-2H3. The third kappa shape index (κ3) is 2.07. The Morgan fingerprint density at radius 1 is 1.44 bits per heavy atom. The Hall–Kier alpha value is -1.02. The summed E-state index contributed by atoms with van der Waals surface area (Å²) in [6, 6.07) is 6.40. The summed E-state index contributed by atoms with van der Waals surface area (Å²) < 4.78 is 5.46. The molecule has 0 radical (unpaired) electrons. The second kappa shape index (κ2) is 4.88. The number of nitrogens with two attached hydrogens (primary N) is 1. The van der Waals surface area contributed by atoms with Crippen molar-refractivity contribution in [1.29, 1.82) is 0 Å². The van der Waals surface area contributed by atoms with Crippen LogP contribution < -0.4 is 10.5 Å². The monoisotopic (exact) mass is 219 g/mol. The molecule has 0 heterocycles. The quantitative estimate of drug-likeness (QED) is 0.848. The molecule has 0 spiro atoms. The fraction of sp³-hybridized carbons (Fsp3) is 0.571. The SMILES string of the molecule is COc1cccc2c1CC(C)CC2CCN. The van der Waals surface area contributed by atoms with Crippen LogP contribution in [-0.4, -0.2) is 13.7 Å². The van der Waals surface area contributed by atoms with Crippen molar-refractivity contribution in [2.75, 3.05) is 13.7 Å². The number of methoxy groups -OCH3 is 1. The van der Waals surface area contributed by atoms with Gasteiger partial charge in [-0.15, -0.1) is 0 Å². The first-order valence-corrected chi connectivity index (χ1v) is 6.12. The van der Waals surface area contributed by atoms with Crippen LogP contribution in [0.15, 0.2) is 18.2 Å². The lowest BCUT2D eigenvalue weighted by Crippen LogP contribution is -2.19. The van der Waals surface area contributed by atoms with Crippen LogP contribution in [0.3, 0.4) is 0 Å². The summed E-state index contributed by atoms with van der Waals surface area (Å²) in [5.41, 5.74) is 8.57. The van der Waals surface area contributed by atoms with E-state index in [-0.39, 0.29) is 0 Å². The first-order valence-electron chi connectivity index (χ1n) is 6.12. The van der Waals surface area contributed by atoms with Gasteiger partial charge in [0, 0.05) is 0 Å². The van der Waals surface area contributed by atoms with E-state index >= 15 is 0 Å². The molecule has 2 N–H and O–H groups in total. The zero-order valence-electron chi connectivity index (χ0n) is 10.2. The molecule has 2 rings (SSSR count). The van der Waals surface area contributed by atoms with Crippen molar-refractivity contribution >= 4 is 0 Å². The molecule has 0 fully saturated rings. The highest BCUT2D eigenvalue weighted by Crippen LogP contribution is 2.40. The van der Waals surface area contributed by atoms with Gasteiger partial charge >= 0.3 is 0 Å². The molecule has 2 heteroatoms. The predicted octanol–water partition coefficient (Wildman–Crippen LogP) is 2.71. The smallest absolute Gasteiger partial charge is 0.122 e. The third-order valence-electron chi connectivity index (χ3n) is 3.58. The maximum atomic E-state index is 5.70. The Balaban J connectivity index is 2.38. The van der Waals surface area contributed by atoms with Gasteiger partial charge in [0.25, 0.3) is 0 Å². The number of ether oxygens (including phenoxy) is 1. The molecule has 1 aliphatic carbocycles. The predicted molar refractivity (Wildman–Crippen MR) is 66.9 cm³/mol. The van der Waals surface area contributed by atoms with E-state index in [1.165, 1.54) is 17.5 Å². The van der Waals surface area contributed by atoms with Gasteiger partial charge in [0.05, 0.1) is 7.11 Å². The maximum Gasteiger partial charge on any atom is 0.122 e. The molecule has 2 unspecified atom stereocenters. The Morgan fingerprint density at radius 3 is 2.94 bits per heavy atom. The number of hydrogen-bond donors (Lipinski definition) is 1. The van der Waals surface area contributed by atoms with Gasteiger partial charge in [-0.1, -0.05) is 19.1 Å². The van der Waals surface area contributed by atoms with Crippen LogP contribution >= 0.6 is 0 Å². The largest absolute Gasteiger partial charge is 0.496 e. The van der Waals surface area contributed by atoms with Gasteiger partial charge in [0.1, 0.15) is 5.75 Å². The molecule has 0 amide bonds. The van der Waals surface area contributed by atoms with E-state index < -0.39 is 0 Å². The summed E-state index contributed by atoms with van der Waals surface area (Å²) in [5, 5.41) is 0. The number of benzene rings is 1. The van der Waals surface area contributed by atoms with Crippen LogP contribution in [-0.2, 0) is 6.42 Å². The average Bonchev–Trinajstić information content (AvgIpc) is 2.28. The van der Waals surface area contributed by atoms with Crippen LogP contribution in [0.2, 0.25) is 0 Å². The fourth-order valence-corrected chi connectivity index (χ4v) is 2.89. The number of hydrogen-bond acceptors (Lipinski definition) is 2. The van der Waals surface area contributed by atoms with Gasteiger partial charge in [-0.05, 0) is 54.8 Å². The van der Waals surface area contributed by atoms with E-state index in [9.17, 15) is 0 Å². The van der Waals surface area contributed by atoms with Crippen molar-refractivity contribution in [3.63, 3.8) is 0 Å². The van der Waals surface area contributed by atoms with Gasteiger partial charge in [0.15, 0.2) is 0 Å². The maximum absolute atomic E-state index is 5.70. The molecule has 16 heavy (non-hydrogen) atoms. The fourth-order valence-electron chi connectivity index (χ4n) is 2.89. The average molecular weight is 219 g/mol. The molecule has 0 saturated heterocycles. The van der Waals surface area contributed by atoms with Crippen LogP contribution in [0, 0.1) is 5.92 Å². The molecule has 1 aromatic rings. The molecular formula is C14H21NO. The molecule has 0 aromatic heterocycles. The van der Waals surface area contributed by atoms with Gasteiger partial charge in [0.2, 0.25) is 0 Å². The van der Waals surface area contributed by atoms with Crippen molar-refractivity contribution in [1.82, 2.24) is 0 Å². The van der Waals surface area contributed by atoms with E-state index in [1.807, 2.05) is 0 Å². The molecule has 88 valence electrons. The minimum absolute atomic E-state index is 0.624. The molecule has 2 atom stereocenters. The summed E-state index contributed by atoms with van der Waals surface area (Å²) in [6.45, 7) is 3.09.